The number of hydrogen-bond donors (Lipinski definition) is 5. The monoisotopic (exact) mass is 890 g/mol. The fraction of sp³-hybridized carbons (Fsp3) is 0.359. The summed E-state index contributed by atoms with van der Waals surface area (Å²) in [7, 11) is 1.61. The van der Waals surface area contributed by atoms with Gasteiger partial charge in [-0.05, 0) is 37.0 Å². The number of carbonyl (C=O) groups excluding carboxylic acids is 2. The lowest BCUT2D eigenvalue weighted by Gasteiger charge is -1.99. The van der Waals surface area contributed by atoms with Crippen LogP contribution in [0.2, 0.25) is 0 Å². The van der Waals surface area contributed by atoms with Crippen molar-refractivity contribution in [1.29, 1.82) is 0 Å². The Balaban J connectivity index is 0.000000724. The second-order valence-corrected chi connectivity index (χ2v) is 10.5. The zero-order valence-corrected chi connectivity index (χ0v) is 33.5. The smallest absolute Gasteiger partial charge is 0.286 e. The summed E-state index contributed by atoms with van der Waals surface area (Å²) in [6, 6.07) is 28.5. The van der Waals surface area contributed by atoms with Crippen LogP contribution in [0.25, 0.3) is 22.8 Å². The summed E-state index contributed by atoms with van der Waals surface area (Å²) in [4.78, 5) is 35.7. The minimum atomic E-state index is -0.214. The van der Waals surface area contributed by atoms with E-state index in [0.29, 0.717) is 61.7 Å². The molecule has 6 rings (SSSR count). The van der Waals surface area contributed by atoms with E-state index in [1.165, 1.54) is 4.68 Å². The van der Waals surface area contributed by atoms with E-state index in [1.807, 2.05) is 95.9 Å². The fourth-order valence-corrected chi connectivity index (χ4v) is 4.10. The molecule has 0 saturated carbocycles. The van der Waals surface area contributed by atoms with Crippen molar-refractivity contribution in [2.75, 3.05) is 51.6 Å². The molecule has 6 N–H and O–H groups in total. The van der Waals surface area contributed by atoms with Crippen molar-refractivity contribution < 1.29 is 39.5 Å². The first-order valence-electron chi connectivity index (χ1n) is 17.1. The molecule has 0 fully saturated rings. The average molecular weight is 891 g/mol. The molecular formula is C39H55IN8O8. The number of aliphatic imine (C=N–C) groups is 1. The maximum atomic E-state index is 10.9. The van der Waals surface area contributed by atoms with Gasteiger partial charge in [-0.1, -0.05) is 109 Å². The van der Waals surface area contributed by atoms with Gasteiger partial charge in [-0.2, -0.15) is 15.2 Å². The van der Waals surface area contributed by atoms with Crippen LogP contribution in [0.5, 0.6) is 0 Å². The van der Waals surface area contributed by atoms with Crippen LogP contribution in [-0.2, 0) is 34.0 Å². The van der Waals surface area contributed by atoms with Crippen LogP contribution in [0.3, 0.4) is 0 Å². The van der Waals surface area contributed by atoms with E-state index >= 15 is 0 Å². The van der Waals surface area contributed by atoms with E-state index in [0.717, 1.165) is 23.1 Å². The van der Waals surface area contributed by atoms with Crippen LogP contribution in [0.1, 0.15) is 42.8 Å². The van der Waals surface area contributed by atoms with Crippen LogP contribution in [0.4, 0.5) is 0 Å². The van der Waals surface area contributed by atoms with E-state index < -0.39 is 0 Å². The third-order valence-electron chi connectivity index (χ3n) is 6.52. The van der Waals surface area contributed by atoms with E-state index in [2.05, 4.69) is 47.7 Å². The van der Waals surface area contributed by atoms with Gasteiger partial charge in [0.15, 0.2) is 36.2 Å². The SMILES string of the molecule is C.CCO.CI.COCCn1nc(-c2ccccc2)nc1C=O.NCCCO.O=C1COC(c2ccccc2)=N1.OCCn1nc(-c2ccccc2)nc1CO. The molecule has 0 saturated heterocycles. The molecule has 2 aromatic heterocycles. The van der Waals surface area contributed by atoms with Gasteiger partial charge in [-0.25, -0.2) is 19.3 Å². The molecule has 5 aromatic rings. The molecule has 0 radical (unpaired) electrons. The number of aldehydes is 1. The number of alkyl halides is 1. The number of hydrogen-bond acceptors (Lipinski definition) is 13. The average Bonchev–Trinajstić information content (AvgIpc) is 3.99. The Labute approximate surface area is 342 Å². The van der Waals surface area contributed by atoms with Crippen molar-refractivity contribution in [3.8, 4) is 22.8 Å². The summed E-state index contributed by atoms with van der Waals surface area (Å²) < 4.78 is 13.1. The van der Waals surface area contributed by atoms with Crippen LogP contribution in [0, 0.1) is 0 Å². The molecule has 0 atom stereocenters. The minimum Gasteiger partial charge on any atom is -0.467 e. The van der Waals surface area contributed by atoms with E-state index in [4.69, 9.17) is 35.6 Å². The molecule has 56 heavy (non-hydrogen) atoms. The molecule has 0 bridgehead atoms. The fourth-order valence-electron chi connectivity index (χ4n) is 4.10. The molecule has 0 aliphatic carbocycles. The van der Waals surface area contributed by atoms with Gasteiger partial charge in [0.05, 0.1) is 26.3 Å². The number of benzene rings is 3. The molecule has 0 unspecified atom stereocenters. The first kappa shape index (κ1) is 51.2. The number of aliphatic hydroxyl groups excluding tert-OH is 4. The molecular weight excluding hydrogens is 835 g/mol. The number of halogens is 1. The lowest BCUT2D eigenvalue weighted by molar-refractivity contribution is -0.118. The number of nitrogens with two attached hydrogens (primary N) is 1. The van der Waals surface area contributed by atoms with Crippen LogP contribution >= 0.6 is 22.6 Å². The first-order valence-corrected chi connectivity index (χ1v) is 19.3. The highest BCUT2D eigenvalue weighted by atomic mass is 127. The van der Waals surface area contributed by atoms with Crippen molar-refractivity contribution in [3.63, 3.8) is 0 Å². The normalized spacial score (nSPS) is 10.7. The van der Waals surface area contributed by atoms with Crippen molar-refractivity contribution in [2.24, 2.45) is 10.7 Å². The molecule has 0 spiro atoms. The van der Waals surface area contributed by atoms with Crippen LogP contribution < -0.4 is 5.73 Å². The predicted octanol–water partition coefficient (Wildman–Crippen LogP) is 3.84. The third-order valence-corrected chi connectivity index (χ3v) is 6.52. The van der Waals surface area contributed by atoms with Gasteiger partial charge >= 0.3 is 0 Å². The highest BCUT2D eigenvalue weighted by Gasteiger charge is 2.16. The number of carbonyl (C=O) groups is 2. The molecule has 1 aliphatic heterocycles. The molecule has 3 aromatic carbocycles. The lowest BCUT2D eigenvalue weighted by atomic mass is 10.2. The third kappa shape index (κ3) is 19.2. The van der Waals surface area contributed by atoms with E-state index in [9.17, 15) is 9.59 Å². The van der Waals surface area contributed by atoms with Crippen molar-refractivity contribution in [2.45, 2.75) is 40.5 Å². The van der Waals surface area contributed by atoms with Gasteiger partial charge in [0.2, 0.25) is 5.90 Å². The predicted molar refractivity (Wildman–Crippen MR) is 225 cm³/mol. The van der Waals surface area contributed by atoms with Crippen molar-refractivity contribution in [3.05, 3.63) is 108 Å². The number of amides is 1. The number of ether oxygens (including phenoxy) is 2. The Bertz CT molecular complexity index is 1760. The van der Waals surface area contributed by atoms with Crippen LogP contribution in [0.15, 0.2) is 96.0 Å². The van der Waals surface area contributed by atoms with E-state index in [1.54, 1.807) is 18.7 Å². The summed E-state index contributed by atoms with van der Waals surface area (Å²) in [5.41, 5.74) is 7.62. The topological polar surface area (TPSA) is 233 Å². The number of nitrogens with zero attached hydrogens (tertiary/aromatic N) is 7. The summed E-state index contributed by atoms with van der Waals surface area (Å²) >= 11 is 2.15. The number of rotatable bonds is 12. The summed E-state index contributed by atoms with van der Waals surface area (Å²) in [6.45, 7) is 3.97. The lowest BCUT2D eigenvalue weighted by Crippen LogP contribution is -2.09. The second kappa shape index (κ2) is 32.5. The largest absolute Gasteiger partial charge is 0.467 e. The zero-order chi connectivity index (χ0) is 40.7. The number of aliphatic hydroxyl groups is 4. The van der Waals surface area contributed by atoms with Crippen LogP contribution in [-0.4, -0.2) is 120 Å². The maximum Gasteiger partial charge on any atom is 0.286 e. The van der Waals surface area contributed by atoms with Gasteiger partial charge in [-0.15, -0.1) is 0 Å². The Morgan fingerprint density at radius 2 is 1.30 bits per heavy atom. The Kier molecular flexibility index (Phi) is 29.7. The Hall–Kier alpha value is -4.76. The first-order chi connectivity index (χ1) is 26.9. The molecule has 1 amide bonds. The van der Waals surface area contributed by atoms with Gasteiger partial charge in [-0.3, -0.25) is 9.59 Å². The van der Waals surface area contributed by atoms with Crippen molar-refractivity contribution in [1.82, 2.24) is 29.5 Å². The highest BCUT2D eigenvalue weighted by molar-refractivity contribution is 14.1. The Morgan fingerprint density at radius 3 is 1.70 bits per heavy atom. The van der Waals surface area contributed by atoms with Gasteiger partial charge in [0.25, 0.3) is 5.91 Å². The number of methoxy groups -OCH3 is 1. The maximum absolute atomic E-state index is 10.9. The molecule has 3 heterocycles. The Morgan fingerprint density at radius 1 is 0.804 bits per heavy atom. The summed E-state index contributed by atoms with van der Waals surface area (Å²) in [5.74, 6) is 2.13. The quantitative estimate of drug-likeness (QED) is 0.0682. The molecule has 1 aliphatic rings. The standard InChI is InChI=1S/C12H13N3O2.C11H13N3O2.C9H7NO2.C3H9NO.C2H6O.CH3I.CH4/c1-17-8-7-15-11(9-16)13-12(14-15)10-5-3-2-4-6-10;15-7-6-14-10(8-16)12-11(13-14)9-4-2-1-3-5-9;11-8-6-12-9(10-8)7-4-2-1-3-5-7;4-2-1-3-5;1-2-3;1-2;/h2-6,9H,7-8H2,1H3;1-5,15-16H,6-8H2;1-5H,6H2;5H,1-4H2;3H,2H2,1H3;1H3;1H4. The van der Waals surface area contributed by atoms with Crippen molar-refractivity contribution >= 4 is 40.7 Å². The number of aromatic nitrogens is 6. The summed E-state index contributed by atoms with van der Waals surface area (Å²) in [6.07, 6.45) is 1.43. The molecule has 17 heteroatoms. The second-order valence-electron chi connectivity index (χ2n) is 10.5. The van der Waals surface area contributed by atoms with E-state index in [-0.39, 0.29) is 46.4 Å². The summed E-state index contributed by atoms with van der Waals surface area (Å²) in [5, 5.41) is 42.0. The van der Waals surface area contributed by atoms with Gasteiger partial charge < -0.3 is 35.6 Å². The highest BCUT2D eigenvalue weighted by Crippen LogP contribution is 2.16. The van der Waals surface area contributed by atoms with Gasteiger partial charge in [0.1, 0.15) is 6.61 Å². The molecule has 16 nitrogen and oxygen atoms in total. The molecule has 306 valence electrons. The zero-order valence-electron chi connectivity index (χ0n) is 31.3. The van der Waals surface area contributed by atoms with Gasteiger partial charge in [0, 0.05) is 37.0 Å². The minimum absolute atomic E-state index is 0.